The first-order valence-electron chi connectivity index (χ1n) is 9.31. The highest BCUT2D eigenvalue weighted by Gasteiger charge is 2.25. The number of nitrogens with zero attached hydrogens (tertiary/aromatic N) is 2. The average molecular weight is 465 g/mol. The predicted octanol–water partition coefficient (Wildman–Crippen LogP) is 3.80. The third-order valence-electron chi connectivity index (χ3n) is 5.29. The van der Waals surface area contributed by atoms with Crippen molar-refractivity contribution in [3.05, 3.63) is 60.7 Å². The van der Waals surface area contributed by atoms with Crippen molar-refractivity contribution >= 4 is 62.0 Å². The Morgan fingerprint density at radius 1 is 0.867 bits per heavy atom. The summed E-state index contributed by atoms with van der Waals surface area (Å²) in [5.74, 6) is 0. The molecule has 0 atom stereocenters. The second-order valence-corrected chi connectivity index (χ2v) is 8.83. The Kier molecular flexibility index (Phi) is 6.57. The number of sulfone groups is 1. The quantitative estimate of drug-likeness (QED) is 0.481. The summed E-state index contributed by atoms with van der Waals surface area (Å²) in [5.41, 5.74) is 1.67. The highest BCUT2D eigenvalue weighted by molar-refractivity contribution is 7.91. The highest BCUT2D eigenvalue weighted by atomic mass is 35.5. The van der Waals surface area contributed by atoms with Crippen LogP contribution in [0.3, 0.4) is 0 Å². The van der Waals surface area contributed by atoms with E-state index in [4.69, 9.17) is 0 Å². The minimum atomic E-state index is -3.75. The van der Waals surface area contributed by atoms with Gasteiger partial charge in [0.1, 0.15) is 0 Å². The van der Waals surface area contributed by atoms with Crippen molar-refractivity contribution in [3.8, 4) is 0 Å². The molecule has 1 aromatic heterocycles. The summed E-state index contributed by atoms with van der Waals surface area (Å²) in [6.07, 6.45) is 0. The molecule has 2 N–H and O–H groups in total. The van der Waals surface area contributed by atoms with Gasteiger partial charge >= 0.3 is 0 Å². The number of aromatic nitrogens is 2. The molecule has 2 heterocycles. The van der Waals surface area contributed by atoms with E-state index in [0.29, 0.717) is 21.2 Å². The fraction of sp³-hybridized carbons (Fsp3) is 0.190. The molecule has 0 spiro atoms. The minimum absolute atomic E-state index is 0. The molecule has 9 heteroatoms. The molecular formula is C21H22Cl2N4O2S. The molecule has 1 aliphatic heterocycles. The Hall–Kier alpha value is -2.32. The summed E-state index contributed by atoms with van der Waals surface area (Å²) in [6.45, 7) is 3.64. The maximum Gasteiger partial charge on any atom is 0.224 e. The van der Waals surface area contributed by atoms with Gasteiger partial charge in [-0.2, -0.15) is 5.10 Å². The number of nitrogens with one attached hydrogen (secondary N) is 2. The second kappa shape index (κ2) is 8.81. The Morgan fingerprint density at radius 3 is 2.40 bits per heavy atom. The molecule has 1 saturated heterocycles. The zero-order valence-corrected chi connectivity index (χ0v) is 18.5. The number of H-pyrrole nitrogens is 1. The number of hydrogen-bond acceptors (Lipinski definition) is 5. The number of piperazine rings is 1. The summed E-state index contributed by atoms with van der Waals surface area (Å²) in [4.78, 5) is 2.56. The number of anilines is 1. The molecule has 6 nitrogen and oxygen atoms in total. The number of aromatic amines is 1. The predicted molar refractivity (Wildman–Crippen MR) is 125 cm³/mol. The summed E-state index contributed by atoms with van der Waals surface area (Å²) in [5, 5.41) is 12.7. The lowest BCUT2D eigenvalue weighted by atomic mass is 10.1. The van der Waals surface area contributed by atoms with Gasteiger partial charge in [-0.1, -0.05) is 36.4 Å². The van der Waals surface area contributed by atoms with E-state index in [0.717, 1.165) is 37.3 Å². The van der Waals surface area contributed by atoms with Crippen LogP contribution in [0.5, 0.6) is 0 Å². The van der Waals surface area contributed by atoms with Gasteiger partial charge < -0.3 is 10.2 Å². The van der Waals surface area contributed by atoms with Gasteiger partial charge in [-0.05, 0) is 29.7 Å². The molecule has 1 fully saturated rings. The minimum Gasteiger partial charge on any atom is -0.369 e. The maximum absolute atomic E-state index is 13.5. The van der Waals surface area contributed by atoms with Crippen molar-refractivity contribution in [1.82, 2.24) is 15.5 Å². The maximum atomic E-state index is 13.5. The van der Waals surface area contributed by atoms with Gasteiger partial charge in [-0.25, -0.2) is 8.42 Å². The molecule has 1 aliphatic rings. The first-order chi connectivity index (χ1) is 13.6. The number of rotatable bonds is 3. The van der Waals surface area contributed by atoms with Crippen molar-refractivity contribution < 1.29 is 8.42 Å². The van der Waals surface area contributed by atoms with Crippen LogP contribution in [0.2, 0.25) is 0 Å². The van der Waals surface area contributed by atoms with Crippen molar-refractivity contribution in [2.24, 2.45) is 0 Å². The number of hydrogen-bond donors (Lipinski definition) is 2. The lowest BCUT2D eigenvalue weighted by Gasteiger charge is -2.29. The molecule has 0 radical (unpaired) electrons. The van der Waals surface area contributed by atoms with Gasteiger partial charge in [0.2, 0.25) is 9.84 Å². The molecule has 4 aromatic rings. The Bertz CT molecular complexity index is 1280. The second-order valence-electron chi connectivity index (χ2n) is 6.97. The van der Waals surface area contributed by atoms with Gasteiger partial charge in [-0.15, -0.1) is 24.8 Å². The van der Waals surface area contributed by atoms with Crippen molar-refractivity contribution in [1.29, 1.82) is 0 Å². The fourth-order valence-electron chi connectivity index (χ4n) is 3.84. The Morgan fingerprint density at radius 2 is 1.60 bits per heavy atom. The number of halogens is 2. The standard InChI is InChI=1S/C21H20N4O2S.2ClH/c26-28(27,20-7-3-5-15-4-1-2-6-17(15)20)21-18-14-16(8-9-19(18)23-24-21)25-12-10-22-11-13-25;;/h1-9,14,22H,10-13H2,(H,23,24);2*1H. The van der Waals surface area contributed by atoms with Gasteiger partial charge in [0.15, 0.2) is 5.03 Å². The summed E-state index contributed by atoms with van der Waals surface area (Å²) in [7, 11) is -3.75. The van der Waals surface area contributed by atoms with Crippen LogP contribution in [0.25, 0.3) is 21.7 Å². The Labute approximate surface area is 187 Å². The number of benzene rings is 3. The van der Waals surface area contributed by atoms with Gasteiger partial charge in [0.05, 0.1) is 10.4 Å². The molecule has 0 aliphatic carbocycles. The first kappa shape index (κ1) is 22.4. The van der Waals surface area contributed by atoms with E-state index >= 15 is 0 Å². The van der Waals surface area contributed by atoms with Gasteiger partial charge in [0.25, 0.3) is 0 Å². The fourth-order valence-corrected chi connectivity index (χ4v) is 5.41. The molecule has 3 aromatic carbocycles. The topological polar surface area (TPSA) is 78.1 Å². The van der Waals surface area contributed by atoms with Crippen molar-refractivity contribution in [2.75, 3.05) is 31.1 Å². The molecule has 0 unspecified atom stereocenters. The molecule has 158 valence electrons. The largest absolute Gasteiger partial charge is 0.369 e. The number of fused-ring (bicyclic) bond motifs is 2. The molecule has 5 rings (SSSR count). The van der Waals surface area contributed by atoms with Gasteiger partial charge in [-0.3, -0.25) is 5.10 Å². The third kappa shape index (κ3) is 3.74. The highest BCUT2D eigenvalue weighted by Crippen LogP contribution is 2.32. The lowest BCUT2D eigenvalue weighted by molar-refractivity contribution is 0.589. The van der Waals surface area contributed by atoms with E-state index in [1.165, 1.54) is 0 Å². The molecule has 0 bridgehead atoms. The summed E-state index contributed by atoms with van der Waals surface area (Å²) < 4.78 is 27.0. The van der Waals surface area contributed by atoms with Gasteiger partial charge in [0, 0.05) is 42.6 Å². The van der Waals surface area contributed by atoms with Crippen LogP contribution in [-0.4, -0.2) is 44.8 Å². The Balaban J connectivity index is 0.00000128. The van der Waals surface area contributed by atoms with E-state index in [1.54, 1.807) is 12.1 Å². The van der Waals surface area contributed by atoms with Crippen LogP contribution in [0.4, 0.5) is 5.69 Å². The van der Waals surface area contributed by atoms with Crippen LogP contribution in [-0.2, 0) is 9.84 Å². The average Bonchev–Trinajstić information content (AvgIpc) is 3.18. The molecular weight excluding hydrogens is 443 g/mol. The zero-order chi connectivity index (χ0) is 19.1. The van der Waals surface area contributed by atoms with E-state index in [2.05, 4.69) is 20.4 Å². The van der Waals surface area contributed by atoms with Crippen molar-refractivity contribution in [2.45, 2.75) is 9.92 Å². The summed E-state index contributed by atoms with van der Waals surface area (Å²) >= 11 is 0. The smallest absolute Gasteiger partial charge is 0.224 e. The molecule has 0 amide bonds. The SMILES string of the molecule is Cl.Cl.O=S(=O)(c1cccc2ccccc12)c1[nH]nc2ccc(N3CCNCC3)cc12. The zero-order valence-electron chi connectivity index (χ0n) is 16.0. The molecule has 30 heavy (non-hydrogen) atoms. The van der Waals surface area contributed by atoms with E-state index in [-0.39, 0.29) is 29.8 Å². The van der Waals surface area contributed by atoms with E-state index in [1.807, 2.05) is 48.5 Å². The van der Waals surface area contributed by atoms with E-state index < -0.39 is 9.84 Å². The van der Waals surface area contributed by atoms with Crippen LogP contribution in [0.1, 0.15) is 0 Å². The van der Waals surface area contributed by atoms with Crippen LogP contribution in [0.15, 0.2) is 70.6 Å². The molecule has 0 saturated carbocycles. The normalized spacial score (nSPS) is 14.3. The first-order valence-corrected chi connectivity index (χ1v) is 10.8. The van der Waals surface area contributed by atoms with Crippen LogP contribution < -0.4 is 10.2 Å². The third-order valence-corrected chi connectivity index (χ3v) is 7.08. The van der Waals surface area contributed by atoms with Crippen LogP contribution >= 0.6 is 24.8 Å². The van der Waals surface area contributed by atoms with Crippen molar-refractivity contribution in [3.63, 3.8) is 0 Å². The van der Waals surface area contributed by atoms with Crippen LogP contribution in [0, 0.1) is 0 Å². The lowest BCUT2D eigenvalue weighted by Crippen LogP contribution is -2.43. The summed E-state index contributed by atoms with van der Waals surface area (Å²) in [6, 6.07) is 18.7. The van der Waals surface area contributed by atoms with E-state index in [9.17, 15) is 8.42 Å². The monoisotopic (exact) mass is 464 g/mol.